The molecule has 0 radical (unpaired) electrons. The number of hydrogen-bond donors (Lipinski definition) is 2. The molecule has 0 saturated carbocycles. The summed E-state index contributed by atoms with van der Waals surface area (Å²) < 4.78 is 0. The fourth-order valence-electron chi connectivity index (χ4n) is 1.38. The molecule has 1 heterocycles. The first kappa shape index (κ1) is 12.9. The zero-order valence-corrected chi connectivity index (χ0v) is 10.8. The number of aromatic nitrogens is 3. The van der Waals surface area contributed by atoms with Gasteiger partial charge in [0.2, 0.25) is 5.91 Å². The minimum absolute atomic E-state index is 0.121. The van der Waals surface area contributed by atoms with Crippen LogP contribution >= 0.6 is 23.2 Å². The summed E-state index contributed by atoms with van der Waals surface area (Å²) in [7, 11) is 0. The van der Waals surface area contributed by atoms with Crippen LogP contribution < -0.4 is 5.32 Å². The Labute approximate surface area is 114 Å². The molecule has 2 N–H and O–H groups in total. The maximum atomic E-state index is 11.7. The van der Waals surface area contributed by atoms with Crippen LogP contribution in [0.5, 0.6) is 0 Å². The smallest absolute Gasteiger partial charge is 0.224 e. The molecular weight excluding hydrogens is 275 g/mol. The molecule has 0 saturated heterocycles. The number of carbonyl (C=O) groups excluding carboxylic acids is 1. The van der Waals surface area contributed by atoms with Gasteiger partial charge in [-0.25, -0.2) is 4.98 Å². The Morgan fingerprint density at radius 2 is 2.17 bits per heavy atom. The van der Waals surface area contributed by atoms with Crippen LogP contribution in [0.2, 0.25) is 10.0 Å². The molecule has 0 atom stereocenters. The number of anilines is 1. The van der Waals surface area contributed by atoms with Crippen molar-refractivity contribution in [2.24, 2.45) is 0 Å². The summed E-state index contributed by atoms with van der Waals surface area (Å²) in [4.78, 5) is 15.6. The first-order chi connectivity index (χ1) is 8.65. The van der Waals surface area contributed by atoms with Crippen molar-refractivity contribution in [1.82, 2.24) is 15.2 Å². The fourth-order valence-corrected chi connectivity index (χ4v) is 1.68. The van der Waals surface area contributed by atoms with Crippen molar-refractivity contribution >= 4 is 34.8 Å². The van der Waals surface area contributed by atoms with E-state index in [1.807, 2.05) is 0 Å². The van der Waals surface area contributed by atoms with Crippen LogP contribution in [0.25, 0.3) is 0 Å². The molecule has 1 aromatic carbocycles. The second-order valence-electron chi connectivity index (χ2n) is 3.61. The van der Waals surface area contributed by atoms with Crippen LogP contribution in [0.1, 0.15) is 12.2 Å². The quantitative estimate of drug-likeness (QED) is 0.907. The third-order valence-electron chi connectivity index (χ3n) is 2.26. The molecule has 94 valence electrons. The summed E-state index contributed by atoms with van der Waals surface area (Å²) in [5, 5.41) is 9.99. The molecule has 5 nitrogen and oxygen atoms in total. The predicted octanol–water partition coefficient (Wildman–Crippen LogP) is 2.68. The van der Waals surface area contributed by atoms with E-state index in [1.54, 1.807) is 18.2 Å². The molecule has 7 heteroatoms. The Morgan fingerprint density at radius 1 is 1.33 bits per heavy atom. The van der Waals surface area contributed by atoms with Gasteiger partial charge in [-0.1, -0.05) is 23.2 Å². The SMILES string of the molecule is O=C(CCc1ncn[nH]1)Nc1ccc(Cl)c(Cl)c1. The number of amides is 1. The average molecular weight is 285 g/mol. The van der Waals surface area contributed by atoms with Gasteiger partial charge in [-0.3, -0.25) is 9.89 Å². The van der Waals surface area contributed by atoms with E-state index in [4.69, 9.17) is 23.2 Å². The molecule has 0 unspecified atom stereocenters. The normalized spacial score (nSPS) is 10.3. The third kappa shape index (κ3) is 3.45. The second-order valence-corrected chi connectivity index (χ2v) is 4.42. The van der Waals surface area contributed by atoms with Crippen LogP contribution in [-0.4, -0.2) is 21.1 Å². The minimum Gasteiger partial charge on any atom is -0.326 e. The van der Waals surface area contributed by atoms with Gasteiger partial charge in [0.15, 0.2) is 0 Å². The Hall–Kier alpha value is -1.59. The summed E-state index contributed by atoms with van der Waals surface area (Å²) in [6.07, 6.45) is 2.23. The van der Waals surface area contributed by atoms with Gasteiger partial charge < -0.3 is 5.32 Å². The number of nitrogens with one attached hydrogen (secondary N) is 2. The zero-order valence-electron chi connectivity index (χ0n) is 9.28. The van der Waals surface area contributed by atoms with Crippen LogP contribution in [0.3, 0.4) is 0 Å². The van der Waals surface area contributed by atoms with Crippen molar-refractivity contribution in [3.8, 4) is 0 Å². The highest BCUT2D eigenvalue weighted by atomic mass is 35.5. The lowest BCUT2D eigenvalue weighted by molar-refractivity contribution is -0.116. The molecule has 18 heavy (non-hydrogen) atoms. The van der Waals surface area contributed by atoms with Crippen LogP contribution in [0, 0.1) is 0 Å². The topological polar surface area (TPSA) is 70.7 Å². The second kappa shape index (κ2) is 5.84. The van der Waals surface area contributed by atoms with E-state index >= 15 is 0 Å². The van der Waals surface area contributed by atoms with Crippen molar-refractivity contribution in [2.45, 2.75) is 12.8 Å². The van der Waals surface area contributed by atoms with E-state index in [0.717, 1.165) is 0 Å². The molecule has 1 aromatic heterocycles. The highest BCUT2D eigenvalue weighted by Gasteiger charge is 2.06. The lowest BCUT2D eigenvalue weighted by atomic mass is 10.2. The first-order valence-electron chi connectivity index (χ1n) is 5.24. The molecule has 0 spiro atoms. The Bertz CT molecular complexity index is 542. The number of benzene rings is 1. The van der Waals surface area contributed by atoms with Crippen LogP contribution in [0.15, 0.2) is 24.5 Å². The van der Waals surface area contributed by atoms with Gasteiger partial charge in [-0.15, -0.1) is 0 Å². The molecule has 1 amide bonds. The maximum absolute atomic E-state index is 11.7. The first-order valence-corrected chi connectivity index (χ1v) is 6.00. The van der Waals surface area contributed by atoms with Crippen molar-refractivity contribution in [2.75, 3.05) is 5.32 Å². The summed E-state index contributed by atoms with van der Waals surface area (Å²) in [6.45, 7) is 0. The van der Waals surface area contributed by atoms with E-state index < -0.39 is 0 Å². The van der Waals surface area contributed by atoms with Crippen molar-refractivity contribution < 1.29 is 4.79 Å². The molecule has 2 rings (SSSR count). The fraction of sp³-hybridized carbons (Fsp3) is 0.182. The van der Waals surface area contributed by atoms with E-state index in [-0.39, 0.29) is 5.91 Å². The van der Waals surface area contributed by atoms with Gasteiger partial charge in [0, 0.05) is 18.5 Å². The van der Waals surface area contributed by atoms with Gasteiger partial charge in [0.25, 0.3) is 0 Å². The lowest BCUT2D eigenvalue weighted by Crippen LogP contribution is -2.12. The highest BCUT2D eigenvalue weighted by Crippen LogP contribution is 2.25. The monoisotopic (exact) mass is 284 g/mol. The summed E-state index contributed by atoms with van der Waals surface area (Å²) in [6, 6.07) is 4.94. The molecule has 2 aromatic rings. The maximum Gasteiger partial charge on any atom is 0.224 e. The van der Waals surface area contributed by atoms with Crippen LogP contribution in [-0.2, 0) is 11.2 Å². The number of hydrogen-bond acceptors (Lipinski definition) is 3. The van der Waals surface area contributed by atoms with Crippen molar-refractivity contribution in [3.05, 3.63) is 40.4 Å². The molecule has 0 aliphatic carbocycles. The van der Waals surface area contributed by atoms with E-state index in [9.17, 15) is 4.79 Å². The number of nitrogens with zero attached hydrogens (tertiary/aromatic N) is 2. The van der Waals surface area contributed by atoms with Crippen molar-refractivity contribution in [1.29, 1.82) is 0 Å². The minimum atomic E-state index is -0.121. The van der Waals surface area contributed by atoms with Gasteiger partial charge in [-0.05, 0) is 18.2 Å². The number of rotatable bonds is 4. The van der Waals surface area contributed by atoms with E-state index in [0.29, 0.717) is 34.4 Å². The standard InChI is InChI=1S/C11H10Cl2N4O/c12-8-2-1-7(5-9(8)13)16-11(18)4-3-10-14-6-15-17-10/h1-2,5-6H,3-4H2,(H,16,18)(H,14,15,17). The van der Waals surface area contributed by atoms with Crippen molar-refractivity contribution in [3.63, 3.8) is 0 Å². The molecule has 0 aliphatic heterocycles. The number of aromatic amines is 1. The molecular formula is C11H10Cl2N4O. The average Bonchev–Trinajstić information content (AvgIpc) is 2.84. The number of carbonyl (C=O) groups is 1. The number of aryl methyl sites for hydroxylation is 1. The molecule has 0 bridgehead atoms. The molecule has 0 aliphatic rings. The number of halogens is 2. The third-order valence-corrected chi connectivity index (χ3v) is 3.00. The van der Waals surface area contributed by atoms with Gasteiger partial charge in [0.1, 0.15) is 12.2 Å². The van der Waals surface area contributed by atoms with Crippen LogP contribution in [0.4, 0.5) is 5.69 Å². The van der Waals surface area contributed by atoms with Gasteiger partial charge >= 0.3 is 0 Å². The summed E-state index contributed by atoms with van der Waals surface area (Å²) in [5.41, 5.74) is 0.618. The number of H-pyrrole nitrogens is 1. The van der Waals surface area contributed by atoms with Gasteiger partial charge in [-0.2, -0.15) is 5.10 Å². The lowest BCUT2D eigenvalue weighted by Gasteiger charge is -2.05. The molecule has 0 fully saturated rings. The summed E-state index contributed by atoms with van der Waals surface area (Å²) in [5.74, 6) is 0.559. The highest BCUT2D eigenvalue weighted by molar-refractivity contribution is 6.42. The van der Waals surface area contributed by atoms with E-state index in [1.165, 1.54) is 6.33 Å². The Morgan fingerprint density at radius 3 is 2.83 bits per heavy atom. The largest absolute Gasteiger partial charge is 0.326 e. The predicted molar refractivity (Wildman–Crippen MR) is 69.8 cm³/mol. The Balaban J connectivity index is 1.88. The zero-order chi connectivity index (χ0) is 13.0. The summed E-state index contributed by atoms with van der Waals surface area (Å²) >= 11 is 11.6. The Kier molecular flexibility index (Phi) is 4.17. The van der Waals surface area contributed by atoms with Gasteiger partial charge in [0.05, 0.1) is 10.0 Å². The van der Waals surface area contributed by atoms with E-state index in [2.05, 4.69) is 20.5 Å².